The molecule has 0 aromatic rings. The van der Waals surface area contributed by atoms with Crippen molar-refractivity contribution in [3.05, 3.63) is 0 Å². The summed E-state index contributed by atoms with van der Waals surface area (Å²) in [4.78, 5) is 27.0. The molecule has 1 N–H and O–H groups in total. The van der Waals surface area contributed by atoms with Crippen LogP contribution in [0.4, 0.5) is 0 Å². The Morgan fingerprint density at radius 2 is 1.38 bits per heavy atom. The molecule has 0 aromatic heterocycles. The number of nitrogens with one attached hydrogen (secondary N) is 1. The highest BCUT2D eigenvalue weighted by Crippen LogP contribution is 2.03. The number of hydrogen-bond donors (Lipinski definition) is 1. The topological polar surface area (TPSA) is 98.0 Å². The Morgan fingerprint density at radius 3 is 1.79 bits per heavy atom. The van der Waals surface area contributed by atoms with E-state index >= 15 is 0 Å². The average molecular weight is 342 g/mol. The molecule has 0 heterocycles. The maximum absolute atomic E-state index is 11.6. The molecule has 0 fully saturated rings. The van der Waals surface area contributed by atoms with Gasteiger partial charge in [0.25, 0.3) is 0 Å². The summed E-state index contributed by atoms with van der Waals surface area (Å²) in [5, 5.41) is 7.26. The molecule has 0 aliphatic carbocycles. The van der Waals surface area contributed by atoms with E-state index in [4.69, 9.17) is 19.6 Å². The second-order valence-electron chi connectivity index (χ2n) is 5.86. The maximum Gasteiger partial charge on any atom is 0.306 e. The van der Waals surface area contributed by atoms with Crippen LogP contribution in [0, 0.1) is 5.41 Å². The first-order valence-corrected chi connectivity index (χ1v) is 8.17. The second kappa shape index (κ2) is 12.6. The maximum atomic E-state index is 11.6. The predicted octanol–water partition coefficient (Wildman–Crippen LogP) is 2.56. The molecule has 1 unspecified atom stereocenters. The second-order valence-corrected chi connectivity index (χ2v) is 5.86. The molecule has 0 spiro atoms. The number of carbonyl (C=O) groups excluding carboxylic acids is 2. The summed E-state index contributed by atoms with van der Waals surface area (Å²) in [6.45, 7) is 7.40. The normalized spacial score (nSPS) is 14.0. The van der Waals surface area contributed by atoms with Gasteiger partial charge in [0.2, 0.25) is 0 Å². The Kier molecular flexibility index (Phi) is 11.7. The monoisotopic (exact) mass is 342 g/mol. The largest absolute Gasteiger partial charge is 0.463 e. The van der Waals surface area contributed by atoms with Gasteiger partial charge in [-0.05, 0) is 40.5 Å². The number of hydrogen-bond acceptors (Lipinski definition) is 7. The van der Waals surface area contributed by atoms with E-state index in [1.165, 1.54) is 0 Å². The molecule has 0 radical (unpaired) electrons. The molecule has 24 heavy (non-hydrogen) atoms. The van der Waals surface area contributed by atoms with Crippen LogP contribution >= 0.6 is 0 Å². The minimum Gasteiger partial charge on any atom is -0.463 e. The zero-order valence-corrected chi connectivity index (χ0v) is 15.4. The van der Waals surface area contributed by atoms with E-state index in [2.05, 4.69) is 4.99 Å². The molecule has 7 heteroatoms. The highest BCUT2D eigenvalue weighted by atomic mass is 16.6. The number of carbonyl (C=O) groups is 2. The van der Waals surface area contributed by atoms with Crippen LogP contribution in [0.1, 0.15) is 53.4 Å². The van der Waals surface area contributed by atoms with E-state index in [0.29, 0.717) is 25.0 Å². The van der Waals surface area contributed by atoms with Crippen molar-refractivity contribution in [2.24, 2.45) is 4.99 Å². The van der Waals surface area contributed by atoms with Crippen LogP contribution in [0.2, 0.25) is 0 Å². The van der Waals surface area contributed by atoms with E-state index in [1.54, 1.807) is 27.8 Å². The Morgan fingerprint density at radius 1 is 0.917 bits per heavy atom. The van der Waals surface area contributed by atoms with Gasteiger partial charge in [-0.2, -0.15) is 0 Å². The van der Waals surface area contributed by atoms with Crippen molar-refractivity contribution in [3.63, 3.8) is 0 Å². The fourth-order valence-electron chi connectivity index (χ4n) is 1.72. The van der Waals surface area contributed by atoms with Crippen LogP contribution in [0.25, 0.3) is 0 Å². The summed E-state index contributed by atoms with van der Waals surface area (Å²) in [5.74, 6) is -0.626. The molecule has 138 valence electrons. The molecular formula is C17H30N2O5. The molecule has 2 atom stereocenters. The van der Waals surface area contributed by atoms with Gasteiger partial charge < -0.3 is 19.6 Å². The minimum absolute atomic E-state index is 0.139. The fourth-order valence-corrected chi connectivity index (χ4v) is 1.72. The lowest BCUT2D eigenvalue weighted by Crippen LogP contribution is -2.27. The highest BCUT2D eigenvalue weighted by molar-refractivity contribution is 5.85. The summed E-state index contributed by atoms with van der Waals surface area (Å²) in [6, 6.07) is 0. The molecule has 0 aliphatic heterocycles. The third-order valence-electron chi connectivity index (χ3n) is 3.20. The van der Waals surface area contributed by atoms with Crippen LogP contribution in [0.3, 0.4) is 0 Å². The van der Waals surface area contributed by atoms with Gasteiger partial charge in [-0.1, -0.05) is 0 Å². The summed E-state index contributed by atoms with van der Waals surface area (Å²) in [5.41, 5.74) is 1.36. The molecular weight excluding hydrogens is 312 g/mol. The molecule has 0 aromatic carbocycles. The van der Waals surface area contributed by atoms with Crippen molar-refractivity contribution < 1.29 is 23.8 Å². The lowest BCUT2D eigenvalue weighted by Gasteiger charge is -2.19. The summed E-state index contributed by atoms with van der Waals surface area (Å²) >= 11 is 0. The Labute approximate surface area is 144 Å². The summed E-state index contributed by atoms with van der Waals surface area (Å²) < 4.78 is 15.8. The van der Waals surface area contributed by atoms with E-state index in [1.807, 2.05) is 6.92 Å². The van der Waals surface area contributed by atoms with Crippen LogP contribution < -0.4 is 0 Å². The van der Waals surface area contributed by atoms with Gasteiger partial charge in [0.05, 0.1) is 25.0 Å². The number of esters is 2. The Balaban J connectivity index is 3.85. The van der Waals surface area contributed by atoms with Gasteiger partial charge in [-0.25, -0.2) is 0 Å². The first-order chi connectivity index (χ1) is 11.2. The van der Waals surface area contributed by atoms with Crippen LogP contribution in [0.5, 0.6) is 0 Å². The zero-order valence-electron chi connectivity index (χ0n) is 15.4. The zero-order chi connectivity index (χ0) is 18.5. The molecule has 0 saturated heterocycles. The lowest BCUT2D eigenvalue weighted by molar-refractivity contribution is -0.153. The molecule has 0 bridgehead atoms. The molecule has 0 aliphatic rings. The predicted molar refractivity (Wildman–Crippen MR) is 92.8 cm³/mol. The van der Waals surface area contributed by atoms with E-state index in [9.17, 15) is 9.59 Å². The smallest absolute Gasteiger partial charge is 0.306 e. The SMILES string of the molecule is CN=C(C)CCC(=O)OCC(C)O[C@@H](C)COC(=O)CCC(C)=N. The van der Waals surface area contributed by atoms with E-state index in [-0.39, 0.29) is 43.8 Å². The van der Waals surface area contributed by atoms with Crippen LogP contribution in [0.15, 0.2) is 4.99 Å². The first kappa shape index (κ1) is 22.2. The van der Waals surface area contributed by atoms with Gasteiger partial charge >= 0.3 is 11.9 Å². The van der Waals surface area contributed by atoms with Crippen LogP contribution in [-0.4, -0.2) is 55.8 Å². The van der Waals surface area contributed by atoms with Crippen molar-refractivity contribution in [3.8, 4) is 0 Å². The number of ether oxygens (including phenoxy) is 3. The van der Waals surface area contributed by atoms with Crippen molar-refractivity contribution in [2.75, 3.05) is 20.3 Å². The fraction of sp³-hybridized carbons (Fsp3) is 0.765. The van der Waals surface area contributed by atoms with Gasteiger partial charge in [0, 0.05) is 18.5 Å². The van der Waals surface area contributed by atoms with Gasteiger partial charge in [0.15, 0.2) is 0 Å². The van der Waals surface area contributed by atoms with E-state index < -0.39 is 0 Å². The Hall–Kier alpha value is -1.76. The molecule has 0 amide bonds. The number of nitrogens with zero attached hydrogens (tertiary/aromatic N) is 1. The molecule has 0 rings (SSSR count). The molecule has 7 nitrogen and oxygen atoms in total. The van der Waals surface area contributed by atoms with Gasteiger partial charge in [0.1, 0.15) is 13.2 Å². The number of rotatable bonds is 12. The van der Waals surface area contributed by atoms with Crippen molar-refractivity contribution in [2.45, 2.75) is 65.6 Å². The van der Waals surface area contributed by atoms with E-state index in [0.717, 1.165) is 5.71 Å². The first-order valence-electron chi connectivity index (χ1n) is 8.17. The number of aliphatic imine (C=N–C) groups is 1. The summed E-state index contributed by atoms with van der Waals surface area (Å²) in [7, 11) is 1.69. The van der Waals surface area contributed by atoms with Gasteiger partial charge in [-0.15, -0.1) is 0 Å². The average Bonchev–Trinajstić information content (AvgIpc) is 2.53. The molecule has 0 saturated carbocycles. The highest BCUT2D eigenvalue weighted by Gasteiger charge is 2.13. The van der Waals surface area contributed by atoms with Crippen molar-refractivity contribution in [1.82, 2.24) is 0 Å². The lowest BCUT2D eigenvalue weighted by atomic mass is 10.2. The Bertz CT molecular complexity index is 448. The third kappa shape index (κ3) is 12.8. The summed E-state index contributed by atoms with van der Waals surface area (Å²) in [6.07, 6.45) is 0.922. The minimum atomic E-state index is -0.343. The quantitative estimate of drug-likeness (QED) is 0.434. The third-order valence-corrected chi connectivity index (χ3v) is 3.20. The van der Waals surface area contributed by atoms with Crippen LogP contribution in [-0.2, 0) is 23.8 Å². The van der Waals surface area contributed by atoms with Crippen molar-refractivity contribution >= 4 is 23.4 Å². The standard InChI is InChI=1S/C17H30N2O5/c1-12(18)6-8-16(20)22-10-14(3)24-15(4)11-23-17(21)9-7-13(2)19-5/h14-15,18H,6-11H2,1-5H3/t14-,15?/m0/s1. The van der Waals surface area contributed by atoms with Crippen molar-refractivity contribution in [1.29, 1.82) is 5.41 Å². The van der Waals surface area contributed by atoms with Gasteiger partial charge in [-0.3, -0.25) is 14.6 Å².